The fraction of sp³-hybridized carbons (Fsp3) is 0.143. The molecule has 0 N–H and O–H groups in total. The molecule has 78 valence electrons. The smallest absolute Gasteiger partial charge is 0.358 e. The summed E-state index contributed by atoms with van der Waals surface area (Å²) in [5.74, 6) is -0.595. The first-order chi connectivity index (χ1) is 6.66. The Morgan fingerprint density at radius 1 is 1.50 bits per heavy atom. The van der Waals surface area contributed by atoms with Crippen molar-refractivity contribution in [2.24, 2.45) is 0 Å². The molecule has 0 unspecified atom stereocenters. The second-order valence-corrected chi connectivity index (χ2v) is 2.73. The van der Waals surface area contributed by atoms with E-state index in [2.05, 4.69) is 9.72 Å². The number of rotatable bonds is 1. The van der Waals surface area contributed by atoms with Gasteiger partial charge in [-0.25, -0.2) is 9.78 Å². The fourth-order valence-corrected chi connectivity index (χ4v) is 0.994. The molecule has 1 aromatic rings. The Morgan fingerprint density at radius 3 is 2.57 bits per heavy atom. The molecule has 0 amide bonds. The quantitative estimate of drug-likeness (QED) is 0.712. The average Bonchev–Trinajstić information content (AvgIpc) is 2.24. The highest BCUT2D eigenvalue weighted by Crippen LogP contribution is 2.23. The number of aromatic nitrogens is 1. The molecule has 1 rings (SSSR count). The summed E-state index contributed by atoms with van der Waals surface area (Å²) in [6.07, 6.45) is 1.39. The number of methoxy groups -OCH3 is 1. The van der Waals surface area contributed by atoms with Crippen LogP contribution in [-0.2, 0) is 4.74 Å². The zero-order valence-corrected chi connectivity index (χ0v) is 8.44. The highest BCUT2D eigenvalue weighted by atomic mass is 35.5. The van der Waals surface area contributed by atoms with Crippen LogP contribution in [0, 0.1) is 0 Å². The maximum absolute atomic E-state index is 11.0. The molecule has 0 aliphatic carbocycles. The van der Waals surface area contributed by atoms with Crippen molar-refractivity contribution in [3.63, 3.8) is 0 Å². The number of esters is 1. The molecule has 0 bridgehead atoms. The summed E-state index contributed by atoms with van der Waals surface area (Å²) in [6.45, 7) is 0. The lowest BCUT2D eigenvalue weighted by Crippen LogP contribution is -2.04. The third-order valence-corrected chi connectivity index (χ3v) is 2.02. The van der Waals surface area contributed by atoms with E-state index in [0.29, 0.717) is 0 Å². The van der Waals surface area contributed by atoms with Gasteiger partial charge >= 0.3 is 5.97 Å². The minimum Gasteiger partial charge on any atom is -0.464 e. The predicted octanol–water partition coefficient (Wildman–Crippen LogP) is 3.02. The van der Waals surface area contributed by atoms with Crippen LogP contribution >= 0.6 is 23.2 Å². The van der Waals surface area contributed by atoms with E-state index < -0.39 is 5.97 Å². The number of hydrogen-bond donors (Lipinski definition) is 0. The molecule has 0 aromatic carbocycles. The van der Waals surface area contributed by atoms with Crippen LogP contribution in [-0.4, -0.2) is 18.1 Å². The van der Waals surface area contributed by atoms with Gasteiger partial charge in [0.05, 0.1) is 17.2 Å². The SMILES string of the molecule is COC(=O)c1nccc(Cl)c1Cl.FF. The van der Waals surface area contributed by atoms with Crippen molar-refractivity contribution in [2.45, 2.75) is 0 Å². The van der Waals surface area contributed by atoms with Crippen LogP contribution in [0.25, 0.3) is 0 Å². The maximum Gasteiger partial charge on any atom is 0.358 e. The summed E-state index contributed by atoms with van der Waals surface area (Å²) in [6, 6.07) is 1.50. The number of carbonyl (C=O) groups is 1. The Bertz CT molecular complexity index is 323. The Labute approximate surface area is 88.5 Å². The van der Waals surface area contributed by atoms with Gasteiger partial charge in [0.1, 0.15) is 0 Å². The summed E-state index contributed by atoms with van der Waals surface area (Å²) in [5, 5.41) is 0.401. The van der Waals surface area contributed by atoms with E-state index in [1.54, 1.807) is 0 Å². The zero-order chi connectivity index (χ0) is 11.1. The molecule has 1 aromatic heterocycles. The van der Waals surface area contributed by atoms with E-state index in [0.717, 1.165) is 0 Å². The second kappa shape index (κ2) is 6.50. The van der Waals surface area contributed by atoms with E-state index in [1.165, 1.54) is 19.4 Å². The normalized spacial score (nSPS) is 8.64. The molecule has 3 nitrogen and oxygen atoms in total. The van der Waals surface area contributed by atoms with Gasteiger partial charge in [0.15, 0.2) is 5.69 Å². The number of halogens is 4. The van der Waals surface area contributed by atoms with Crippen LogP contribution in [0.4, 0.5) is 9.15 Å². The predicted molar refractivity (Wildman–Crippen MR) is 47.8 cm³/mol. The molecule has 0 saturated carbocycles. The van der Waals surface area contributed by atoms with Gasteiger partial charge < -0.3 is 4.74 Å². The third-order valence-electron chi connectivity index (χ3n) is 1.22. The Kier molecular flexibility index (Phi) is 6.07. The van der Waals surface area contributed by atoms with Crippen molar-refractivity contribution in [3.8, 4) is 0 Å². The molecule has 7 heteroatoms. The average molecular weight is 244 g/mol. The van der Waals surface area contributed by atoms with Crippen LogP contribution in [0.15, 0.2) is 12.3 Å². The van der Waals surface area contributed by atoms with Gasteiger partial charge in [0, 0.05) is 15.3 Å². The molecule has 0 fully saturated rings. The van der Waals surface area contributed by atoms with Gasteiger partial charge in [-0.05, 0) is 6.07 Å². The topological polar surface area (TPSA) is 39.2 Å². The van der Waals surface area contributed by atoms with Crippen LogP contribution in [0.3, 0.4) is 0 Å². The van der Waals surface area contributed by atoms with Crippen LogP contribution in [0.1, 0.15) is 10.5 Å². The van der Waals surface area contributed by atoms with Gasteiger partial charge in [0.25, 0.3) is 0 Å². The number of nitrogens with zero attached hydrogens (tertiary/aromatic N) is 1. The van der Waals surface area contributed by atoms with Crippen molar-refractivity contribution in [2.75, 3.05) is 7.11 Å². The molecule has 14 heavy (non-hydrogen) atoms. The second-order valence-electron chi connectivity index (χ2n) is 1.95. The molecule has 0 radical (unpaired) electrons. The molecule has 0 atom stereocenters. The largest absolute Gasteiger partial charge is 0.464 e. The lowest BCUT2D eigenvalue weighted by molar-refractivity contribution is 0.0594. The number of pyridine rings is 1. The van der Waals surface area contributed by atoms with Gasteiger partial charge in [-0.15, -0.1) is 0 Å². The monoisotopic (exact) mass is 243 g/mol. The molecule has 1 heterocycles. The highest BCUT2D eigenvalue weighted by Gasteiger charge is 2.13. The standard InChI is InChI=1S/C7H5Cl2NO2.F2/c1-12-7(11)6-5(9)4(8)2-3-10-6;1-2/h2-3H,1H3;. The van der Waals surface area contributed by atoms with Crippen LogP contribution in [0.5, 0.6) is 0 Å². The van der Waals surface area contributed by atoms with Crippen molar-refractivity contribution in [3.05, 3.63) is 28.0 Å². The first-order valence-electron chi connectivity index (χ1n) is 3.19. The van der Waals surface area contributed by atoms with Gasteiger partial charge in [0.2, 0.25) is 0 Å². The van der Waals surface area contributed by atoms with E-state index in [-0.39, 0.29) is 15.7 Å². The maximum atomic E-state index is 11.0. The van der Waals surface area contributed by atoms with E-state index in [4.69, 9.17) is 32.4 Å². The van der Waals surface area contributed by atoms with E-state index in [9.17, 15) is 4.79 Å². The molecular formula is C7H5Cl2F2NO2. The lowest BCUT2D eigenvalue weighted by atomic mass is 10.3. The van der Waals surface area contributed by atoms with Crippen molar-refractivity contribution < 1.29 is 18.7 Å². The summed E-state index contributed by atoms with van der Waals surface area (Å²) >= 11 is 11.3. The Hall–Kier alpha value is -0.940. The number of ether oxygens (including phenoxy) is 1. The summed E-state index contributed by atoms with van der Waals surface area (Å²) in [4.78, 5) is 14.7. The molecule has 0 aliphatic heterocycles. The molecule has 0 spiro atoms. The first-order valence-corrected chi connectivity index (χ1v) is 3.95. The third kappa shape index (κ3) is 3.08. The first kappa shape index (κ1) is 13.1. The van der Waals surface area contributed by atoms with E-state index >= 15 is 0 Å². The van der Waals surface area contributed by atoms with Gasteiger partial charge in [-0.2, -0.15) is 0 Å². The van der Waals surface area contributed by atoms with E-state index in [1.807, 2.05) is 0 Å². The Morgan fingerprint density at radius 2 is 2.07 bits per heavy atom. The molecular weight excluding hydrogens is 239 g/mol. The van der Waals surface area contributed by atoms with Gasteiger partial charge in [-0.3, -0.25) is 0 Å². The molecule has 0 aliphatic rings. The van der Waals surface area contributed by atoms with Crippen molar-refractivity contribution in [1.29, 1.82) is 0 Å². The van der Waals surface area contributed by atoms with Crippen molar-refractivity contribution >= 4 is 29.2 Å². The van der Waals surface area contributed by atoms with Gasteiger partial charge in [-0.1, -0.05) is 23.2 Å². The minimum absolute atomic E-state index is 0.0340. The minimum atomic E-state index is -0.595. The number of hydrogen-bond acceptors (Lipinski definition) is 3. The fourth-order valence-electron chi connectivity index (χ4n) is 0.659. The zero-order valence-electron chi connectivity index (χ0n) is 6.93. The van der Waals surface area contributed by atoms with Crippen LogP contribution < -0.4 is 0 Å². The highest BCUT2D eigenvalue weighted by molar-refractivity contribution is 6.43. The lowest BCUT2D eigenvalue weighted by Gasteiger charge is -2.00. The summed E-state index contributed by atoms with van der Waals surface area (Å²) < 4.78 is 20.4. The summed E-state index contributed by atoms with van der Waals surface area (Å²) in [5.41, 5.74) is 0.0340. The number of carbonyl (C=O) groups excluding carboxylic acids is 1. The van der Waals surface area contributed by atoms with Crippen LogP contribution in [0.2, 0.25) is 10.0 Å². The molecule has 0 saturated heterocycles. The Balaban J connectivity index is 0.000000791. The van der Waals surface area contributed by atoms with Crippen molar-refractivity contribution in [1.82, 2.24) is 4.98 Å². The summed E-state index contributed by atoms with van der Waals surface area (Å²) in [7, 11) is 1.25.